The van der Waals surface area contributed by atoms with Crippen LogP contribution in [0.1, 0.15) is 47.0 Å². The molecule has 1 aliphatic carbocycles. The van der Waals surface area contributed by atoms with Crippen molar-refractivity contribution in [2.24, 2.45) is 16.7 Å². The molecule has 1 saturated carbocycles. The molecule has 0 radical (unpaired) electrons. The number of alkyl carbamates (subject to hydrolysis) is 1. The molecule has 0 spiro atoms. The maximum atomic E-state index is 11.8. The lowest BCUT2D eigenvalue weighted by atomic mass is 9.61. The van der Waals surface area contributed by atoms with E-state index in [4.69, 9.17) is 9.47 Å². The highest BCUT2D eigenvalue weighted by molar-refractivity contribution is 5.86. The van der Waals surface area contributed by atoms with Gasteiger partial charge < -0.3 is 14.8 Å². The van der Waals surface area contributed by atoms with Crippen molar-refractivity contribution in [1.82, 2.24) is 5.32 Å². The molecule has 1 aliphatic rings. The number of nitrogens with one attached hydrogen (secondary N) is 1. The molecule has 0 aromatic carbocycles. The smallest absolute Gasteiger partial charge is 0.407 e. The maximum absolute atomic E-state index is 11.8. The van der Waals surface area contributed by atoms with Crippen molar-refractivity contribution in [2.75, 3.05) is 19.8 Å². The van der Waals surface area contributed by atoms with Gasteiger partial charge >= 0.3 is 12.1 Å². The molecule has 134 valence electrons. The van der Waals surface area contributed by atoms with Crippen molar-refractivity contribution in [2.45, 2.75) is 47.0 Å². The van der Waals surface area contributed by atoms with Gasteiger partial charge in [0.15, 0.2) is 0 Å². The summed E-state index contributed by atoms with van der Waals surface area (Å²) in [7, 11) is 0. The molecule has 6 heteroatoms. The van der Waals surface area contributed by atoms with Gasteiger partial charge in [-0.15, -0.1) is 0 Å². The van der Waals surface area contributed by atoms with Crippen molar-refractivity contribution in [1.29, 1.82) is 5.26 Å². The lowest BCUT2D eigenvalue weighted by Crippen LogP contribution is -2.43. The highest BCUT2D eigenvalue weighted by atomic mass is 16.6. The van der Waals surface area contributed by atoms with Crippen LogP contribution in [-0.2, 0) is 14.3 Å². The molecule has 6 nitrogen and oxygen atoms in total. The Morgan fingerprint density at radius 1 is 1.25 bits per heavy atom. The second-order valence-electron chi connectivity index (χ2n) is 7.79. The van der Waals surface area contributed by atoms with Gasteiger partial charge in [-0.25, -0.2) is 9.59 Å². The van der Waals surface area contributed by atoms with Crippen molar-refractivity contribution >= 4 is 12.1 Å². The van der Waals surface area contributed by atoms with Gasteiger partial charge in [0.2, 0.25) is 0 Å². The Kier molecular flexibility index (Phi) is 6.82. The molecule has 24 heavy (non-hydrogen) atoms. The average molecular weight is 336 g/mol. The summed E-state index contributed by atoms with van der Waals surface area (Å²) >= 11 is 0. The third kappa shape index (κ3) is 6.61. The first-order valence-corrected chi connectivity index (χ1v) is 8.20. The third-order valence-electron chi connectivity index (χ3n) is 4.18. The van der Waals surface area contributed by atoms with Gasteiger partial charge in [0.1, 0.15) is 13.2 Å². The summed E-state index contributed by atoms with van der Waals surface area (Å²) in [5.74, 6) is -0.489. The number of amides is 1. The van der Waals surface area contributed by atoms with Crippen molar-refractivity contribution in [3.63, 3.8) is 0 Å². The Morgan fingerprint density at radius 3 is 2.46 bits per heavy atom. The third-order valence-corrected chi connectivity index (χ3v) is 4.18. The molecule has 1 fully saturated rings. The van der Waals surface area contributed by atoms with Crippen LogP contribution < -0.4 is 5.32 Å². The van der Waals surface area contributed by atoms with Gasteiger partial charge in [-0.2, -0.15) is 5.26 Å². The number of carbonyl (C=O) groups is 2. The van der Waals surface area contributed by atoms with E-state index in [0.29, 0.717) is 12.1 Å². The summed E-state index contributed by atoms with van der Waals surface area (Å²) in [5.41, 5.74) is 0.253. The fourth-order valence-electron chi connectivity index (χ4n) is 3.59. The fraction of sp³-hybridized carbons (Fsp3) is 0.722. The standard InChI is InChI=1S/C18H28N2O4/c1-13(2)15(21)23-6-7-24-16(22)20-12-18(5)9-14(10-19)8-17(3,4)11-18/h14H,1,6-9,11-12H2,2-5H3,(H,20,22). The van der Waals surface area contributed by atoms with Crippen LogP contribution in [0, 0.1) is 28.1 Å². The molecular formula is C18H28N2O4. The number of esters is 1. The zero-order valence-corrected chi connectivity index (χ0v) is 15.1. The Hall–Kier alpha value is -2.03. The molecular weight excluding hydrogens is 308 g/mol. The van der Waals surface area contributed by atoms with Crippen LogP contribution >= 0.6 is 0 Å². The van der Waals surface area contributed by atoms with Crippen LogP contribution in [0.2, 0.25) is 0 Å². The summed E-state index contributed by atoms with van der Waals surface area (Å²) in [6, 6.07) is 2.36. The lowest BCUT2D eigenvalue weighted by Gasteiger charge is -2.44. The van der Waals surface area contributed by atoms with Crippen LogP contribution in [0.4, 0.5) is 4.79 Å². The molecule has 0 aromatic rings. The summed E-state index contributed by atoms with van der Waals surface area (Å²) in [5, 5.41) is 12.0. The van der Waals surface area contributed by atoms with E-state index in [1.165, 1.54) is 0 Å². The minimum Gasteiger partial charge on any atom is -0.459 e. The Morgan fingerprint density at radius 2 is 1.88 bits per heavy atom. The number of nitriles is 1. The Bertz CT molecular complexity index is 536. The molecule has 0 bridgehead atoms. The van der Waals surface area contributed by atoms with E-state index < -0.39 is 12.1 Å². The Labute approximate surface area is 144 Å². The SMILES string of the molecule is C=C(C)C(=O)OCCOC(=O)NCC1(C)CC(C#N)CC(C)(C)C1. The van der Waals surface area contributed by atoms with E-state index in [9.17, 15) is 14.9 Å². The summed E-state index contributed by atoms with van der Waals surface area (Å²) in [4.78, 5) is 22.9. The summed E-state index contributed by atoms with van der Waals surface area (Å²) < 4.78 is 9.84. The van der Waals surface area contributed by atoms with Gasteiger partial charge in [0, 0.05) is 18.0 Å². The number of hydrogen-bond acceptors (Lipinski definition) is 5. The van der Waals surface area contributed by atoms with E-state index in [1.54, 1.807) is 6.92 Å². The first-order chi connectivity index (χ1) is 11.1. The van der Waals surface area contributed by atoms with Crippen LogP contribution in [0.25, 0.3) is 0 Å². The van der Waals surface area contributed by atoms with E-state index in [1.807, 2.05) is 0 Å². The zero-order valence-electron chi connectivity index (χ0n) is 15.1. The second-order valence-corrected chi connectivity index (χ2v) is 7.79. The Balaban J connectivity index is 2.36. The molecule has 0 heterocycles. The quantitative estimate of drug-likeness (QED) is 0.457. The topological polar surface area (TPSA) is 88.4 Å². The minimum absolute atomic E-state index is 0.0000806. The van der Waals surface area contributed by atoms with Gasteiger partial charge in [0.25, 0.3) is 0 Å². The highest BCUT2D eigenvalue weighted by Gasteiger charge is 2.41. The summed E-state index contributed by atoms with van der Waals surface area (Å²) in [6.07, 6.45) is 2.05. The monoisotopic (exact) mass is 336 g/mol. The molecule has 1 amide bonds. The van der Waals surface area contributed by atoms with E-state index in [2.05, 4.69) is 38.7 Å². The molecule has 2 unspecified atom stereocenters. The fourth-order valence-corrected chi connectivity index (χ4v) is 3.59. The van der Waals surface area contributed by atoms with Crippen molar-refractivity contribution < 1.29 is 19.1 Å². The van der Waals surface area contributed by atoms with Crippen molar-refractivity contribution in [3.05, 3.63) is 12.2 Å². The van der Waals surface area contributed by atoms with Gasteiger partial charge in [0.05, 0.1) is 6.07 Å². The van der Waals surface area contributed by atoms with Gasteiger partial charge in [-0.05, 0) is 37.0 Å². The second kappa shape index (κ2) is 8.18. The largest absolute Gasteiger partial charge is 0.459 e. The lowest BCUT2D eigenvalue weighted by molar-refractivity contribution is -0.139. The molecule has 1 N–H and O–H groups in total. The number of ether oxygens (including phenoxy) is 2. The average Bonchev–Trinajstić information content (AvgIpc) is 2.47. The molecule has 2 atom stereocenters. The van der Waals surface area contributed by atoms with Crippen LogP contribution in [0.5, 0.6) is 0 Å². The van der Waals surface area contributed by atoms with Crippen molar-refractivity contribution in [3.8, 4) is 6.07 Å². The normalized spacial score (nSPS) is 25.2. The predicted molar refractivity (Wildman–Crippen MR) is 90.0 cm³/mol. The molecule has 1 rings (SSSR count). The van der Waals surface area contributed by atoms with E-state index in [0.717, 1.165) is 19.3 Å². The van der Waals surface area contributed by atoms with Crippen LogP contribution in [0.3, 0.4) is 0 Å². The first kappa shape index (κ1) is 20.0. The van der Waals surface area contributed by atoms with Crippen LogP contribution in [-0.4, -0.2) is 31.8 Å². The number of carbonyl (C=O) groups excluding carboxylic acids is 2. The molecule has 0 aromatic heterocycles. The van der Waals surface area contributed by atoms with Gasteiger partial charge in [-0.3, -0.25) is 0 Å². The maximum Gasteiger partial charge on any atom is 0.407 e. The highest BCUT2D eigenvalue weighted by Crippen LogP contribution is 2.48. The predicted octanol–water partition coefficient (Wildman–Crippen LogP) is 3.19. The van der Waals surface area contributed by atoms with E-state index >= 15 is 0 Å². The first-order valence-electron chi connectivity index (χ1n) is 8.20. The number of hydrogen-bond donors (Lipinski definition) is 1. The number of nitrogens with zero attached hydrogens (tertiary/aromatic N) is 1. The zero-order chi connectivity index (χ0) is 18.4. The molecule has 0 aliphatic heterocycles. The van der Waals surface area contributed by atoms with Crippen LogP contribution in [0.15, 0.2) is 12.2 Å². The summed E-state index contributed by atoms with van der Waals surface area (Å²) in [6.45, 7) is 11.9. The van der Waals surface area contributed by atoms with Gasteiger partial charge in [-0.1, -0.05) is 27.4 Å². The molecule has 0 saturated heterocycles. The van der Waals surface area contributed by atoms with E-state index in [-0.39, 0.29) is 30.0 Å². The minimum atomic E-state index is -0.542. The number of rotatable bonds is 6.